The van der Waals surface area contributed by atoms with E-state index in [1.165, 1.54) is 4.31 Å². The topological polar surface area (TPSA) is 76.3 Å². The van der Waals surface area contributed by atoms with Crippen molar-refractivity contribution in [3.05, 3.63) is 24.3 Å². The van der Waals surface area contributed by atoms with Crippen LogP contribution in [0.5, 0.6) is 0 Å². The summed E-state index contributed by atoms with van der Waals surface area (Å²) in [6.45, 7) is 5.86. The van der Waals surface area contributed by atoms with Crippen LogP contribution >= 0.6 is 0 Å². The van der Waals surface area contributed by atoms with E-state index in [1.54, 1.807) is 13.8 Å². The molecule has 2 N–H and O–H groups in total. The predicted molar refractivity (Wildman–Crippen MR) is 71.5 cm³/mol. The summed E-state index contributed by atoms with van der Waals surface area (Å²) in [5.74, 6) is -0.678. The second-order valence-corrected chi connectivity index (χ2v) is 6.79. The first-order valence-electron chi connectivity index (χ1n) is 6.09. The Balaban J connectivity index is 3.28. The molecule has 7 heteroatoms. The molecule has 108 valence electrons. The van der Waals surface area contributed by atoms with Crippen LogP contribution in [0.4, 0.5) is 4.39 Å². The van der Waals surface area contributed by atoms with Gasteiger partial charge in [0.25, 0.3) is 0 Å². The van der Waals surface area contributed by atoms with Gasteiger partial charge in [-0.1, -0.05) is 6.92 Å². The SMILES string of the molecule is CCCN(C(C)(C)CN)S(=O)(=O)c1cncc(F)c1. The number of sulfonamides is 1. The lowest BCUT2D eigenvalue weighted by Gasteiger charge is -2.36. The molecule has 19 heavy (non-hydrogen) atoms. The smallest absolute Gasteiger partial charge is 0.245 e. The molecule has 1 aromatic rings. The fourth-order valence-corrected chi connectivity index (χ4v) is 3.57. The average Bonchev–Trinajstić information content (AvgIpc) is 2.35. The summed E-state index contributed by atoms with van der Waals surface area (Å²) in [6, 6.07) is 0.970. The number of aromatic nitrogens is 1. The van der Waals surface area contributed by atoms with E-state index >= 15 is 0 Å². The van der Waals surface area contributed by atoms with Crippen LogP contribution in [0.15, 0.2) is 23.4 Å². The largest absolute Gasteiger partial charge is 0.329 e. The molecular formula is C12H20FN3O2S. The van der Waals surface area contributed by atoms with Gasteiger partial charge in [0, 0.05) is 24.8 Å². The summed E-state index contributed by atoms with van der Waals surface area (Å²) >= 11 is 0. The molecule has 1 aromatic heterocycles. The number of nitrogens with two attached hydrogens (primary N) is 1. The van der Waals surface area contributed by atoms with Gasteiger partial charge in [-0.05, 0) is 26.3 Å². The van der Waals surface area contributed by atoms with E-state index in [1.807, 2.05) is 6.92 Å². The number of hydrogen-bond acceptors (Lipinski definition) is 4. The Morgan fingerprint density at radius 2 is 2.05 bits per heavy atom. The van der Waals surface area contributed by atoms with Crippen LogP contribution in [-0.4, -0.2) is 36.3 Å². The quantitative estimate of drug-likeness (QED) is 0.858. The molecule has 1 heterocycles. The molecule has 0 saturated heterocycles. The van der Waals surface area contributed by atoms with Crippen molar-refractivity contribution in [1.82, 2.24) is 9.29 Å². The molecule has 0 atom stereocenters. The summed E-state index contributed by atoms with van der Waals surface area (Å²) in [6.07, 6.45) is 2.76. The zero-order chi connectivity index (χ0) is 14.7. The van der Waals surface area contributed by atoms with Crippen LogP contribution in [0, 0.1) is 5.82 Å². The second-order valence-electron chi connectivity index (χ2n) is 4.93. The zero-order valence-corrected chi connectivity index (χ0v) is 12.2. The molecule has 0 radical (unpaired) electrons. The first-order valence-corrected chi connectivity index (χ1v) is 7.53. The van der Waals surface area contributed by atoms with Gasteiger partial charge in [0.15, 0.2) is 0 Å². The molecule has 5 nitrogen and oxygen atoms in total. The second kappa shape index (κ2) is 5.94. The van der Waals surface area contributed by atoms with Gasteiger partial charge < -0.3 is 5.73 Å². The highest BCUT2D eigenvalue weighted by Crippen LogP contribution is 2.24. The fraction of sp³-hybridized carbons (Fsp3) is 0.583. The maximum atomic E-state index is 13.2. The number of halogens is 1. The molecule has 0 aliphatic heterocycles. The van der Waals surface area contributed by atoms with Crippen molar-refractivity contribution in [2.45, 2.75) is 37.6 Å². The summed E-state index contributed by atoms with van der Waals surface area (Å²) in [7, 11) is -3.80. The number of hydrogen-bond donors (Lipinski definition) is 1. The maximum absolute atomic E-state index is 13.2. The van der Waals surface area contributed by atoms with Gasteiger partial charge in [0.1, 0.15) is 10.7 Å². The predicted octanol–water partition coefficient (Wildman–Crippen LogP) is 1.36. The van der Waals surface area contributed by atoms with E-state index in [-0.39, 0.29) is 11.4 Å². The summed E-state index contributed by atoms with van der Waals surface area (Å²) in [4.78, 5) is 3.44. The van der Waals surface area contributed by atoms with E-state index in [4.69, 9.17) is 5.73 Å². The molecule has 1 rings (SSSR count). The van der Waals surface area contributed by atoms with Crippen molar-refractivity contribution in [2.24, 2.45) is 5.73 Å². The molecule has 0 amide bonds. The fourth-order valence-electron chi connectivity index (χ4n) is 1.71. The van der Waals surface area contributed by atoms with Gasteiger partial charge in [0.2, 0.25) is 10.0 Å². The Morgan fingerprint density at radius 1 is 1.42 bits per heavy atom. The minimum Gasteiger partial charge on any atom is -0.329 e. The van der Waals surface area contributed by atoms with Crippen molar-refractivity contribution in [1.29, 1.82) is 0 Å². The van der Waals surface area contributed by atoms with Crippen molar-refractivity contribution in [3.63, 3.8) is 0 Å². The van der Waals surface area contributed by atoms with Crippen LogP contribution in [0.1, 0.15) is 27.2 Å². The van der Waals surface area contributed by atoms with Crippen LogP contribution < -0.4 is 5.73 Å². The lowest BCUT2D eigenvalue weighted by Crippen LogP contribution is -2.52. The van der Waals surface area contributed by atoms with Crippen LogP contribution in [0.3, 0.4) is 0 Å². The summed E-state index contributed by atoms with van der Waals surface area (Å²) < 4.78 is 39.5. The van der Waals surface area contributed by atoms with Crippen LogP contribution in [0.25, 0.3) is 0 Å². The molecule has 0 aliphatic carbocycles. The lowest BCUT2D eigenvalue weighted by atomic mass is 10.1. The molecule has 0 fully saturated rings. The van der Waals surface area contributed by atoms with Gasteiger partial charge in [-0.25, -0.2) is 12.8 Å². The monoisotopic (exact) mass is 289 g/mol. The van der Waals surface area contributed by atoms with E-state index in [0.29, 0.717) is 13.0 Å². The minimum absolute atomic E-state index is 0.150. The standard InChI is InChI=1S/C12H20FN3O2S/c1-4-5-16(12(2,3)9-14)19(17,18)11-6-10(13)7-15-8-11/h6-8H,4-5,9,14H2,1-3H3. The van der Waals surface area contributed by atoms with Crippen molar-refractivity contribution >= 4 is 10.0 Å². The summed E-state index contributed by atoms with van der Waals surface area (Å²) in [5.41, 5.74) is 4.91. The van der Waals surface area contributed by atoms with Gasteiger partial charge >= 0.3 is 0 Å². The maximum Gasteiger partial charge on any atom is 0.245 e. The Labute approximate surface area is 113 Å². The summed E-state index contributed by atoms with van der Waals surface area (Å²) in [5, 5.41) is 0. The molecule has 0 saturated carbocycles. The third-order valence-electron chi connectivity index (χ3n) is 2.87. The third kappa shape index (κ3) is 3.49. The van der Waals surface area contributed by atoms with Crippen LogP contribution in [0.2, 0.25) is 0 Å². The molecule has 0 aromatic carbocycles. The van der Waals surface area contributed by atoms with Gasteiger partial charge in [-0.3, -0.25) is 4.98 Å². The van der Waals surface area contributed by atoms with Crippen LogP contribution in [-0.2, 0) is 10.0 Å². The highest BCUT2D eigenvalue weighted by Gasteiger charge is 2.35. The third-order valence-corrected chi connectivity index (χ3v) is 4.95. The van der Waals surface area contributed by atoms with Crippen molar-refractivity contribution in [3.8, 4) is 0 Å². The van der Waals surface area contributed by atoms with E-state index in [2.05, 4.69) is 4.98 Å². The van der Waals surface area contributed by atoms with Gasteiger partial charge in [-0.2, -0.15) is 4.31 Å². The highest BCUT2D eigenvalue weighted by atomic mass is 32.2. The molecule has 0 aliphatic rings. The molecule has 0 spiro atoms. The van der Waals surface area contributed by atoms with Gasteiger partial charge in [-0.15, -0.1) is 0 Å². The lowest BCUT2D eigenvalue weighted by molar-refractivity contribution is 0.235. The average molecular weight is 289 g/mol. The number of nitrogens with zero attached hydrogens (tertiary/aromatic N) is 2. The van der Waals surface area contributed by atoms with Gasteiger partial charge in [0.05, 0.1) is 6.20 Å². The number of rotatable bonds is 6. The minimum atomic E-state index is -3.80. The Bertz CT molecular complexity index is 532. The van der Waals surface area contributed by atoms with E-state index < -0.39 is 21.4 Å². The first-order chi connectivity index (χ1) is 8.75. The number of pyridine rings is 1. The molecule has 0 bridgehead atoms. The normalized spacial score (nSPS) is 12.9. The van der Waals surface area contributed by atoms with E-state index in [9.17, 15) is 12.8 Å². The van der Waals surface area contributed by atoms with E-state index in [0.717, 1.165) is 18.5 Å². The zero-order valence-electron chi connectivity index (χ0n) is 11.4. The first kappa shape index (κ1) is 16.0. The molecular weight excluding hydrogens is 269 g/mol. The highest BCUT2D eigenvalue weighted by molar-refractivity contribution is 7.89. The Hall–Kier alpha value is -1.05. The Morgan fingerprint density at radius 3 is 2.53 bits per heavy atom. The Kier molecular flexibility index (Phi) is 5.00. The van der Waals surface area contributed by atoms with Crippen molar-refractivity contribution < 1.29 is 12.8 Å². The van der Waals surface area contributed by atoms with Crippen molar-refractivity contribution in [2.75, 3.05) is 13.1 Å². The molecule has 0 unspecified atom stereocenters.